The maximum atomic E-state index is 3.53. The molecule has 1 atom stereocenters. The van der Waals surface area contributed by atoms with E-state index in [4.69, 9.17) is 0 Å². The maximum absolute atomic E-state index is 3.53. The summed E-state index contributed by atoms with van der Waals surface area (Å²) in [5.74, 6) is 0. The zero-order valence-electron chi connectivity index (χ0n) is 5.86. The van der Waals surface area contributed by atoms with Crippen LogP contribution in [0.25, 0.3) is 0 Å². The van der Waals surface area contributed by atoms with Gasteiger partial charge < -0.3 is 0 Å². The van der Waals surface area contributed by atoms with Crippen molar-refractivity contribution >= 4 is 15.9 Å². The predicted molar refractivity (Wildman–Crippen MR) is 44.9 cm³/mol. The van der Waals surface area contributed by atoms with E-state index in [2.05, 4.69) is 35.0 Å². The van der Waals surface area contributed by atoms with E-state index in [0.717, 1.165) is 5.33 Å². The molecule has 0 aliphatic heterocycles. The van der Waals surface area contributed by atoms with Crippen LogP contribution >= 0.6 is 15.9 Å². The van der Waals surface area contributed by atoms with Gasteiger partial charge >= 0.3 is 0 Å². The lowest BCUT2D eigenvalue weighted by Crippen LogP contribution is -2.18. The normalized spacial score (nSPS) is 34.9. The molecule has 1 heteroatoms. The van der Waals surface area contributed by atoms with E-state index in [1.807, 2.05) is 0 Å². The number of allylic oxidation sites excluding steroid dienone is 2. The summed E-state index contributed by atoms with van der Waals surface area (Å²) >= 11 is 3.53. The van der Waals surface area contributed by atoms with Crippen LogP contribution in [0.15, 0.2) is 12.2 Å². The van der Waals surface area contributed by atoms with Gasteiger partial charge in [-0.3, -0.25) is 0 Å². The van der Waals surface area contributed by atoms with Crippen molar-refractivity contribution in [2.24, 2.45) is 5.41 Å². The van der Waals surface area contributed by atoms with Crippen LogP contribution in [-0.4, -0.2) is 5.33 Å². The van der Waals surface area contributed by atoms with Crippen LogP contribution in [0.3, 0.4) is 0 Å². The Morgan fingerprint density at radius 1 is 1.56 bits per heavy atom. The van der Waals surface area contributed by atoms with Gasteiger partial charge in [0.15, 0.2) is 0 Å². The third kappa shape index (κ3) is 1.82. The van der Waals surface area contributed by atoms with E-state index in [0.29, 0.717) is 5.41 Å². The van der Waals surface area contributed by atoms with Crippen LogP contribution in [0.5, 0.6) is 0 Å². The first-order valence-electron chi connectivity index (χ1n) is 3.48. The molecule has 1 aliphatic rings. The highest BCUT2D eigenvalue weighted by atomic mass is 79.9. The molecular formula is C8H13Br. The molecule has 0 nitrogen and oxygen atoms in total. The van der Waals surface area contributed by atoms with Gasteiger partial charge in [0.25, 0.3) is 0 Å². The fraction of sp³-hybridized carbons (Fsp3) is 0.750. The minimum absolute atomic E-state index is 0.550. The van der Waals surface area contributed by atoms with E-state index < -0.39 is 0 Å². The molecule has 0 saturated carbocycles. The summed E-state index contributed by atoms with van der Waals surface area (Å²) in [6, 6.07) is 0. The summed E-state index contributed by atoms with van der Waals surface area (Å²) in [7, 11) is 0. The van der Waals surface area contributed by atoms with Crippen LogP contribution in [0.2, 0.25) is 0 Å². The second kappa shape index (κ2) is 2.87. The van der Waals surface area contributed by atoms with Crippen molar-refractivity contribution in [1.29, 1.82) is 0 Å². The van der Waals surface area contributed by atoms with Crippen molar-refractivity contribution < 1.29 is 0 Å². The Bertz CT molecular complexity index is 118. The topological polar surface area (TPSA) is 0 Å². The zero-order valence-corrected chi connectivity index (χ0v) is 7.45. The summed E-state index contributed by atoms with van der Waals surface area (Å²) in [5, 5.41) is 1.14. The molecule has 0 fully saturated rings. The second-order valence-corrected chi connectivity index (χ2v) is 3.72. The molecule has 0 N–H and O–H groups in total. The van der Waals surface area contributed by atoms with E-state index in [1.165, 1.54) is 19.3 Å². The molecule has 0 aromatic rings. The molecule has 0 aromatic carbocycles. The zero-order chi connectivity index (χ0) is 6.74. The van der Waals surface area contributed by atoms with Crippen molar-refractivity contribution in [3.8, 4) is 0 Å². The highest BCUT2D eigenvalue weighted by Crippen LogP contribution is 2.33. The first-order valence-corrected chi connectivity index (χ1v) is 4.60. The Morgan fingerprint density at radius 2 is 2.33 bits per heavy atom. The summed E-state index contributed by atoms with van der Waals surface area (Å²) in [5.41, 5.74) is 0.550. The number of rotatable bonds is 1. The van der Waals surface area contributed by atoms with Gasteiger partial charge in [-0.1, -0.05) is 35.0 Å². The van der Waals surface area contributed by atoms with Crippen LogP contribution in [0, 0.1) is 5.41 Å². The van der Waals surface area contributed by atoms with Crippen molar-refractivity contribution in [3.63, 3.8) is 0 Å². The molecule has 0 bridgehead atoms. The number of alkyl halides is 1. The van der Waals surface area contributed by atoms with Crippen molar-refractivity contribution in [2.45, 2.75) is 26.2 Å². The Morgan fingerprint density at radius 3 is 2.67 bits per heavy atom. The minimum atomic E-state index is 0.550. The molecule has 0 amide bonds. The van der Waals surface area contributed by atoms with Gasteiger partial charge in [0.2, 0.25) is 0 Å². The molecule has 1 unspecified atom stereocenters. The smallest absolute Gasteiger partial charge is 0.00884 e. The summed E-state index contributed by atoms with van der Waals surface area (Å²) in [6.45, 7) is 2.34. The van der Waals surface area contributed by atoms with Crippen molar-refractivity contribution in [1.82, 2.24) is 0 Å². The first-order chi connectivity index (χ1) is 4.27. The van der Waals surface area contributed by atoms with Crippen molar-refractivity contribution in [3.05, 3.63) is 12.2 Å². The lowest BCUT2D eigenvalue weighted by atomic mass is 9.81. The number of halogens is 1. The molecule has 0 heterocycles. The van der Waals surface area contributed by atoms with Crippen LogP contribution in [-0.2, 0) is 0 Å². The number of hydrogen-bond acceptors (Lipinski definition) is 0. The third-order valence-electron chi connectivity index (χ3n) is 2.01. The molecule has 52 valence electrons. The Balaban J connectivity index is 2.50. The molecular weight excluding hydrogens is 176 g/mol. The van der Waals surface area contributed by atoms with Crippen LogP contribution < -0.4 is 0 Å². The van der Waals surface area contributed by atoms with Gasteiger partial charge in [0, 0.05) is 5.33 Å². The lowest BCUT2D eigenvalue weighted by molar-refractivity contribution is 0.342. The maximum Gasteiger partial charge on any atom is 0.00884 e. The number of hydrogen-bond donors (Lipinski definition) is 0. The molecule has 0 spiro atoms. The van der Waals surface area contributed by atoms with Crippen LogP contribution in [0.4, 0.5) is 0 Å². The molecule has 0 saturated heterocycles. The van der Waals surface area contributed by atoms with Gasteiger partial charge in [0.05, 0.1) is 0 Å². The highest BCUT2D eigenvalue weighted by Gasteiger charge is 2.22. The standard InChI is InChI=1S/C8H13Br/c1-8(7-9)5-3-2-4-6-8/h2-3H,4-7H2,1H3. The molecule has 0 aromatic heterocycles. The van der Waals surface area contributed by atoms with Crippen LogP contribution in [0.1, 0.15) is 26.2 Å². The SMILES string of the molecule is CC1(CBr)CC=CCC1. The molecule has 9 heavy (non-hydrogen) atoms. The van der Waals surface area contributed by atoms with E-state index >= 15 is 0 Å². The Labute approximate surface area is 65.5 Å². The van der Waals surface area contributed by atoms with Gasteiger partial charge in [-0.25, -0.2) is 0 Å². The summed E-state index contributed by atoms with van der Waals surface area (Å²) < 4.78 is 0. The summed E-state index contributed by atoms with van der Waals surface area (Å²) in [6.07, 6.45) is 8.43. The minimum Gasteiger partial charge on any atom is -0.0922 e. The Kier molecular flexibility index (Phi) is 2.34. The van der Waals surface area contributed by atoms with Gasteiger partial charge in [0.1, 0.15) is 0 Å². The summed E-state index contributed by atoms with van der Waals surface area (Å²) in [4.78, 5) is 0. The van der Waals surface area contributed by atoms with Gasteiger partial charge in [-0.05, 0) is 24.7 Å². The lowest BCUT2D eigenvalue weighted by Gasteiger charge is -2.27. The second-order valence-electron chi connectivity index (χ2n) is 3.16. The van der Waals surface area contributed by atoms with Gasteiger partial charge in [-0.2, -0.15) is 0 Å². The molecule has 0 radical (unpaired) electrons. The predicted octanol–water partition coefficient (Wildman–Crippen LogP) is 3.13. The Hall–Kier alpha value is 0.220. The third-order valence-corrected chi connectivity index (χ3v) is 3.37. The fourth-order valence-electron chi connectivity index (χ4n) is 1.14. The average Bonchev–Trinajstić information content (AvgIpc) is 1.90. The molecule has 1 rings (SSSR count). The monoisotopic (exact) mass is 188 g/mol. The van der Waals surface area contributed by atoms with E-state index in [9.17, 15) is 0 Å². The van der Waals surface area contributed by atoms with E-state index in [-0.39, 0.29) is 0 Å². The largest absolute Gasteiger partial charge is 0.0922 e. The average molecular weight is 189 g/mol. The fourth-order valence-corrected chi connectivity index (χ4v) is 1.65. The van der Waals surface area contributed by atoms with Gasteiger partial charge in [-0.15, -0.1) is 0 Å². The first kappa shape index (κ1) is 7.33. The quantitative estimate of drug-likeness (QED) is 0.439. The highest BCUT2D eigenvalue weighted by molar-refractivity contribution is 9.09. The van der Waals surface area contributed by atoms with Crippen molar-refractivity contribution in [2.75, 3.05) is 5.33 Å². The van der Waals surface area contributed by atoms with E-state index in [1.54, 1.807) is 0 Å². The molecule has 1 aliphatic carbocycles.